The molecule has 170 valence electrons. The number of fused-ring (bicyclic) bond motifs is 2. The highest BCUT2D eigenvalue weighted by molar-refractivity contribution is 6.36. The summed E-state index contributed by atoms with van der Waals surface area (Å²) in [7, 11) is 2.86. The number of Topliss-reactive ketones (excluding diaryl/α,β-unsaturated/α-hetero) is 1. The smallest absolute Gasteiger partial charge is 0.338 e. The van der Waals surface area contributed by atoms with E-state index >= 15 is 0 Å². The third-order valence-corrected chi connectivity index (χ3v) is 6.66. The highest BCUT2D eigenvalue weighted by atomic mass is 35.5. The molecule has 0 aromatic heterocycles. The first-order chi connectivity index (χ1) is 15.8. The number of carbonyl (C=O) groups excluding carboxylic acids is 3. The van der Waals surface area contributed by atoms with Gasteiger partial charge in [0.05, 0.1) is 19.8 Å². The first-order valence-corrected chi connectivity index (χ1v) is 10.7. The molecule has 0 saturated carbocycles. The summed E-state index contributed by atoms with van der Waals surface area (Å²) in [5.41, 5.74) is 1.06. The average molecular weight is 470 g/mol. The molecule has 2 unspecified atom stereocenters. The SMILES string of the molecule is COc1cc(OC)c2c(c1Cl)OC1(C(=O)C=C(Nc3ccc4c(c3)COC4=O)CC1C)C2=O. The quantitative estimate of drug-likeness (QED) is 0.530. The number of esters is 1. The second kappa shape index (κ2) is 7.52. The summed E-state index contributed by atoms with van der Waals surface area (Å²) in [6, 6.07) is 6.75. The van der Waals surface area contributed by atoms with E-state index in [2.05, 4.69) is 5.32 Å². The second-order valence-electron chi connectivity index (χ2n) is 8.18. The Morgan fingerprint density at radius 3 is 2.58 bits per heavy atom. The maximum Gasteiger partial charge on any atom is 0.338 e. The second-order valence-corrected chi connectivity index (χ2v) is 8.56. The number of ether oxygens (including phenoxy) is 4. The van der Waals surface area contributed by atoms with Crippen LogP contribution in [0, 0.1) is 5.92 Å². The molecule has 0 fully saturated rings. The van der Waals surface area contributed by atoms with Crippen LogP contribution in [0.4, 0.5) is 5.69 Å². The summed E-state index contributed by atoms with van der Waals surface area (Å²) in [5, 5.41) is 3.33. The zero-order valence-electron chi connectivity index (χ0n) is 18.1. The summed E-state index contributed by atoms with van der Waals surface area (Å²) in [5.74, 6) is -1.21. The number of cyclic esters (lactones) is 1. The number of methoxy groups -OCH3 is 2. The van der Waals surface area contributed by atoms with Gasteiger partial charge in [-0.05, 0) is 24.6 Å². The van der Waals surface area contributed by atoms with E-state index in [4.69, 9.17) is 30.5 Å². The Morgan fingerprint density at radius 2 is 1.88 bits per heavy atom. The Bertz CT molecular complexity index is 1270. The fourth-order valence-electron chi connectivity index (χ4n) is 4.61. The van der Waals surface area contributed by atoms with Crippen molar-refractivity contribution in [2.75, 3.05) is 19.5 Å². The predicted octanol–water partition coefficient (Wildman–Crippen LogP) is 3.95. The third kappa shape index (κ3) is 3.01. The van der Waals surface area contributed by atoms with E-state index in [1.54, 1.807) is 19.1 Å². The van der Waals surface area contributed by atoms with Gasteiger partial charge in [0, 0.05) is 35.0 Å². The number of nitrogens with one attached hydrogen (secondary N) is 1. The van der Waals surface area contributed by atoms with E-state index in [0.29, 0.717) is 23.4 Å². The lowest BCUT2D eigenvalue weighted by molar-refractivity contribution is -0.129. The zero-order chi connectivity index (χ0) is 23.5. The number of rotatable bonds is 4. The summed E-state index contributed by atoms with van der Waals surface area (Å²) in [6.07, 6.45) is 1.76. The van der Waals surface area contributed by atoms with Gasteiger partial charge < -0.3 is 24.3 Å². The van der Waals surface area contributed by atoms with Crippen molar-refractivity contribution in [1.29, 1.82) is 0 Å². The highest BCUT2D eigenvalue weighted by Crippen LogP contribution is 2.53. The minimum atomic E-state index is -1.73. The number of allylic oxidation sites excluding steroid dienone is 1. The van der Waals surface area contributed by atoms with Gasteiger partial charge in [-0.2, -0.15) is 0 Å². The van der Waals surface area contributed by atoms with E-state index in [-0.39, 0.29) is 40.4 Å². The van der Waals surface area contributed by atoms with Gasteiger partial charge in [0.15, 0.2) is 5.75 Å². The maximum absolute atomic E-state index is 13.5. The predicted molar refractivity (Wildman–Crippen MR) is 118 cm³/mol. The summed E-state index contributed by atoms with van der Waals surface area (Å²) >= 11 is 6.41. The molecule has 8 nitrogen and oxygen atoms in total. The molecule has 1 spiro atoms. The molecule has 0 radical (unpaired) electrons. The van der Waals surface area contributed by atoms with E-state index in [1.807, 2.05) is 6.07 Å². The number of hydrogen-bond acceptors (Lipinski definition) is 8. The molecule has 1 N–H and O–H groups in total. The molecule has 0 amide bonds. The fraction of sp³-hybridized carbons (Fsp3) is 0.292. The van der Waals surface area contributed by atoms with Gasteiger partial charge in [0.2, 0.25) is 17.2 Å². The van der Waals surface area contributed by atoms with E-state index in [1.165, 1.54) is 26.4 Å². The van der Waals surface area contributed by atoms with Crippen molar-refractivity contribution in [1.82, 2.24) is 0 Å². The maximum atomic E-state index is 13.5. The Kier molecular flexibility index (Phi) is 4.86. The number of benzene rings is 2. The normalized spacial score (nSPS) is 23.0. The molecule has 2 aliphatic heterocycles. The van der Waals surface area contributed by atoms with Crippen LogP contribution in [0.5, 0.6) is 17.2 Å². The Morgan fingerprint density at radius 1 is 1.12 bits per heavy atom. The van der Waals surface area contributed by atoms with Gasteiger partial charge in [-0.3, -0.25) is 9.59 Å². The molecule has 9 heteroatoms. The van der Waals surface area contributed by atoms with Crippen molar-refractivity contribution in [2.24, 2.45) is 5.92 Å². The topological polar surface area (TPSA) is 100 Å². The van der Waals surface area contributed by atoms with E-state index < -0.39 is 23.1 Å². The van der Waals surface area contributed by atoms with Crippen LogP contribution in [0.15, 0.2) is 36.0 Å². The Labute approximate surface area is 194 Å². The first kappa shape index (κ1) is 21.3. The van der Waals surface area contributed by atoms with Crippen LogP contribution in [-0.4, -0.2) is 37.4 Å². The molecule has 2 aromatic rings. The van der Waals surface area contributed by atoms with Crippen molar-refractivity contribution < 1.29 is 33.3 Å². The van der Waals surface area contributed by atoms with Gasteiger partial charge in [-0.15, -0.1) is 0 Å². The van der Waals surface area contributed by atoms with Crippen LogP contribution in [0.3, 0.4) is 0 Å². The number of anilines is 1. The minimum absolute atomic E-state index is 0.0890. The van der Waals surface area contributed by atoms with Gasteiger partial charge in [-0.1, -0.05) is 18.5 Å². The van der Waals surface area contributed by atoms with Crippen LogP contribution >= 0.6 is 11.6 Å². The van der Waals surface area contributed by atoms with Crippen molar-refractivity contribution in [3.63, 3.8) is 0 Å². The monoisotopic (exact) mass is 469 g/mol. The van der Waals surface area contributed by atoms with Gasteiger partial charge in [0.1, 0.15) is 28.7 Å². The molecule has 33 heavy (non-hydrogen) atoms. The molecule has 5 rings (SSSR count). The van der Waals surface area contributed by atoms with Crippen LogP contribution in [0.2, 0.25) is 5.02 Å². The summed E-state index contributed by atoms with van der Waals surface area (Å²) < 4.78 is 21.7. The van der Waals surface area contributed by atoms with Gasteiger partial charge in [-0.25, -0.2) is 4.79 Å². The van der Waals surface area contributed by atoms with Crippen molar-refractivity contribution >= 4 is 34.8 Å². The van der Waals surface area contributed by atoms with Crippen molar-refractivity contribution in [3.05, 3.63) is 57.8 Å². The highest BCUT2D eigenvalue weighted by Gasteiger charge is 2.60. The first-order valence-electron chi connectivity index (χ1n) is 10.3. The third-order valence-electron chi connectivity index (χ3n) is 6.30. The molecule has 2 aromatic carbocycles. The summed E-state index contributed by atoms with van der Waals surface area (Å²) in [6.45, 7) is 2.00. The number of carbonyl (C=O) groups is 3. The lowest BCUT2D eigenvalue weighted by Crippen LogP contribution is -2.55. The molecule has 2 atom stereocenters. The summed E-state index contributed by atoms with van der Waals surface area (Å²) in [4.78, 5) is 38.6. The molecular formula is C24H20ClNO7. The average Bonchev–Trinajstić information content (AvgIpc) is 3.31. The Hall–Kier alpha value is -3.52. The van der Waals surface area contributed by atoms with Crippen LogP contribution in [-0.2, 0) is 16.1 Å². The molecule has 0 saturated heterocycles. The van der Waals surface area contributed by atoms with Crippen molar-refractivity contribution in [2.45, 2.75) is 25.6 Å². The van der Waals surface area contributed by atoms with Crippen LogP contribution < -0.4 is 19.5 Å². The lowest BCUT2D eigenvalue weighted by atomic mass is 9.74. The largest absolute Gasteiger partial charge is 0.496 e. The molecular weight excluding hydrogens is 450 g/mol. The standard InChI is InChI=1S/C24H20ClNO7/c1-11-6-14(26-13-4-5-15-12(7-13)10-32-23(15)29)8-18(27)24(11)22(28)19-16(30-2)9-17(31-3)20(25)21(19)33-24/h4-5,7-9,11,26H,6,10H2,1-3H3. The fourth-order valence-corrected chi connectivity index (χ4v) is 4.88. The van der Waals surface area contributed by atoms with E-state index in [0.717, 1.165) is 5.56 Å². The zero-order valence-corrected chi connectivity index (χ0v) is 18.9. The van der Waals surface area contributed by atoms with Crippen molar-refractivity contribution in [3.8, 4) is 17.2 Å². The number of ketones is 2. The number of hydrogen-bond donors (Lipinski definition) is 1. The molecule has 2 heterocycles. The molecule has 0 bridgehead atoms. The minimum Gasteiger partial charge on any atom is -0.496 e. The Balaban J connectivity index is 1.48. The number of halogens is 1. The van der Waals surface area contributed by atoms with Gasteiger partial charge >= 0.3 is 5.97 Å². The molecule has 1 aliphatic carbocycles. The lowest BCUT2D eigenvalue weighted by Gasteiger charge is -2.35. The van der Waals surface area contributed by atoms with E-state index in [9.17, 15) is 14.4 Å². The van der Waals surface area contributed by atoms with Gasteiger partial charge in [0.25, 0.3) is 0 Å². The van der Waals surface area contributed by atoms with Crippen LogP contribution in [0.1, 0.15) is 39.6 Å². The molecule has 3 aliphatic rings. The van der Waals surface area contributed by atoms with Crippen LogP contribution in [0.25, 0.3) is 0 Å².